The van der Waals surface area contributed by atoms with E-state index >= 15 is 0 Å². The highest BCUT2D eigenvalue weighted by atomic mass is 16.5. The van der Waals surface area contributed by atoms with Crippen LogP contribution in [0.5, 0.6) is 5.88 Å². The average Bonchev–Trinajstić information content (AvgIpc) is 2.53. The van der Waals surface area contributed by atoms with Crippen LogP contribution in [0.15, 0.2) is 18.3 Å². The second-order valence-corrected chi connectivity index (χ2v) is 4.68. The van der Waals surface area contributed by atoms with Crippen LogP contribution >= 0.6 is 0 Å². The first-order valence-corrected chi connectivity index (χ1v) is 6.53. The predicted molar refractivity (Wildman–Crippen MR) is 71.4 cm³/mol. The van der Waals surface area contributed by atoms with E-state index < -0.39 is 0 Å². The number of amides is 1. The van der Waals surface area contributed by atoms with Crippen molar-refractivity contribution < 1.29 is 19.1 Å². The Hall–Kier alpha value is -2.11. The normalized spacial score (nSPS) is 15.8. The molecule has 1 saturated heterocycles. The van der Waals surface area contributed by atoms with Crippen molar-refractivity contribution in [2.75, 3.05) is 27.3 Å². The number of carbonyl (C=O) groups excluding carboxylic acids is 2. The first kappa shape index (κ1) is 14.3. The molecule has 0 N–H and O–H groups in total. The zero-order valence-electron chi connectivity index (χ0n) is 11.7. The van der Waals surface area contributed by atoms with Crippen molar-refractivity contribution in [2.24, 2.45) is 5.92 Å². The first-order chi connectivity index (χ1) is 9.65. The van der Waals surface area contributed by atoms with Gasteiger partial charge in [0.25, 0.3) is 5.91 Å². The molecule has 0 atom stereocenters. The maximum atomic E-state index is 12.3. The van der Waals surface area contributed by atoms with Gasteiger partial charge in [-0.1, -0.05) is 0 Å². The molecular weight excluding hydrogens is 260 g/mol. The van der Waals surface area contributed by atoms with E-state index in [2.05, 4.69) is 4.98 Å². The number of aromatic nitrogens is 1. The van der Waals surface area contributed by atoms with Crippen molar-refractivity contribution in [2.45, 2.75) is 12.8 Å². The van der Waals surface area contributed by atoms with E-state index in [1.807, 2.05) is 0 Å². The highest BCUT2D eigenvalue weighted by molar-refractivity contribution is 5.94. The Bertz CT molecular complexity index is 478. The number of piperidine rings is 1. The zero-order valence-corrected chi connectivity index (χ0v) is 11.7. The van der Waals surface area contributed by atoms with Crippen molar-refractivity contribution in [3.05, 3.63) is 23.9 Å². The van der Waals surface area contributed by atoms with E-state index in [1.165, 1.54) is 20.4 Å². The molecule has 0 spiro atoms. The van der Waals surface area contributed by atoms with Gasteiger partial charge in [-0.25, -0.2) is 4.98 Å². The van der Waals surface area contributed by atoms with Crippen molar-refractivity contribution in [3.8, 4) is 5.88 Å². The van der Waals surface area contributed by atoms with Crippen LogP contribution in [0.1, 0.15) is 23.2 Å². The van der Waals surface area contributed by atoms with Crippen LogP contribution in [0.3, 0.4) is 0 Å². The van der Waals surface area contributed by atoms with Gasteiger partial charge in [-0.15, -0.1) is 0 Å². The number of carbonyl (C=O) groups is 2. The third-order valence-corrected chi connectivity index (χ3v) is 3.51. The second-order valence-electron chi connectivity index (χ2n) is 4.68. The number of methoxy groups -OCH3 is 2. The number of pyridine rings is 1. The topological polar surface area (TPSA) is 68.7 Å². The maximum absolute atomic E-state index is 12.3. The van der Waals surface area contributed by atoms with Crippen LogP contribution in [0.25, 0.3) is 0 Å². The molecule has 6 nitrogen and oxygen atoms in total. The minimum absolute atomic E-state index is 0.0662. The summed E-state index contributed by atoms with van der Waals surface area (Å²) in [6.45, 7) is 1.12. The van der Waals surface area contributed by atoms with Crippen LogP contribution in [-0.2, 0) is 9.53 Å². The van der Waals surface area contributed by atoms with Crippen LogP contribution in [-0.4, -0.2) is 49.1 Å². The lowest BCUT2D eigenvalue weighted by molar-refractivity contribution is -0.146. The molecule has 1 amide bonds. The quantitative estimate of drug-likeness (QED) is 0.775. The van der Waals surface area contributed by atoms with E-state index in [0.29, 0.717) is 37.4 Å². The Labute approximate surface area is 117 Å². The predicted octanol–water partition coefficient (Wildman–Crippen LogP) is 1.12. The molecule has 0 saturated carbocycles. The Balaban J connectivity index is 1.95. The van der Waals surface area contributed by atoms with E-state index in [9.17, 15) is 9.59 Å². The average molecular weight is 278 g/mol. The van der Waals surface area contributed by atoms with Crippen molar-refractivity contribution in [3.63, 3.8) is 0 Å². The minimum atomic E-state index is -0.191. The standard InChI is InChI=1S/C14H18N2O4/c1-19-12-4-3-11(9-15-12)13(17)16-7-5-10(6-8-16)14(18)20-2/h3-4,9-10H,5-8H2,1-2H3. The van der Waals surface area contributed by atoms with Gasteiger partial charge >= 0.3 is 5.97 Å². The lowest BCUT2D eigenvalue weighted by atomic mass is 9.96. The van der Waals surface area contributed by atoms with Gasteiger partial charge in [-0.05, 0) is 18.9 Å². The molecule has 1 aliphatic heterocycles. The summed E-state index contributed by atoms with van der Waals surface area (Å²) >= 11 is 0. The van der Waals surface area contributed by atoms with Gasteiger partial charge in [-0.3, -0.25) is 9.59 Å². The fourth-order valence-corrected chi connectivity index (χ4v) is 2.30. The molecule has 2 rings (SSSR count). The molecule has 1 aliphatic rings. The SMILES string of the molecule is COC(=O)C1CCN(C(=O)c2ccc(OC)nc2)CC1. The number of hydrogen-bond donors (Lipinski definition) is 0. The molecule has 0 aliphatic carbocycles. The molecule has 1 aromatic rings. The Kier molecular flexibility index (Phi) is 4.55. The molecule has 108 valence electrons. The molecular formula is C14H18N2O4. The summed E-state index contributed by atoms with van der Waals surface area (Å²) < 4.78 is 9.69. The van der Waals surface area contributed by atoms with E-state index in [1.54, 1.807) is 17.0 Å². The molecule has 0 bridgehead atoms. The van der Waals surface area contributed by atoms with E-state index in [-0.39, 0.29) is 17.8 Å². The molecule has 6 heteroatoms. The number of rotatable bonds is 3. The summed E-state index contributed by atoms with van der Waals surface area (Å²) in [6.07, 6.45) is 2.79. The van der Waals surface area contributed by atoms with Crippen LogP contribution in [0.4, 0.5) is 0 Å². The molecule has 20 heavy (non-hydrogen) atoms. The molecule has 0 radical (unpaired) electrons. The summed E-state index contributed by atoms with van der Waals surface area (Å²) in [5.41, 5.74) is 0.530. The van der Waals surface area contributed by atoms with Gasteiger partial charge in [0, 0.05) is 25.4 Å². The summed E-state index contributed by atoms with van der Waals surface area (Å²) in [5.74, 6) is 0.121. The molecule has 1 aromatic heterocycles. The van der Waals surface area contributed by atoms with Gasteiger partial charge in [-0.2, -0.15) is 0 Å². The maximum Gasteiger partial charge on any atom is 0.308 e. The summed E-state index contributed by atoms with van der Waals surface area (Å²) in [6, 6.07) is 3.36. The number of esters is 1. The second kappa shape index (κ2) is 6.36. The molecule has 0 aromatic carbocycles. The van der Waals surface area contributed by atoms with Gasteiger partial charge < -0.3 is 14.4 Å². The monoisotopic (exact) mass is 278 g/mol. The van der Waals surface area contributed by atoms with E-state index in [0.717, 1.165) is 0 Å². The fraction of sp³-hybridized carbons (Fsp3) is 0.500. The third kappa shape index (κ3) is 3.07. The Morgan fingerprint density at radius 1 is 1.25 bits per heavy atom. The van der Waals surface area contributed by atoms with Crippen molar-refractivity contribution in [1.82, 2.24) is 9.88 Å². The fourth-order valence-electron chi connectivity index (χ4n) is 2.30. The Morgan fingerprint density at radius 2 is 1.95 bits per heavy atom. The zero-order chi connectivity index (χ0) is 14.5. The van der Waals surface area contributed by atoms with Gasteiger partial charge in [0.2, 0.25) is 5.88 Å². The summed E-state index contributed by atoms with van der Waals surface area (Å²) in [4.78, 5) is 29.5. The highest BCUT2D eigenvalue weighted by Crippen LogP contribution is 2.20. The lowest BCUT2D eigenvalue weighted by Crippen LogP contribution is -2.40. The van der Waals surface area contributed by atoms with E-state index in [4.69, 9.17) is 9.47 Å². The Morgan fingerprint density at radius 3 is 2.45 bits per heavy atom. The smallest absolute Gasteiger partial charge is 0.308 e. The van der Waals surface area contributed by atoms with Gasteiger partial charge in [0.15, 0.2) is 0 Å². The number of hydrogen-bond acceptors (Lipinski definition) is 5. The molecule has 1 fully saturated rings. The molecule has 0 unspecified atom stereocenters. The lowest BCUT2D eigenvalue weighted by Gasteiger charge is -2.30. The number of ether oxygens (including phenoxy) is 2. The van der Waals surface area contributed by atoms with Crippen molar-refractivity contribution >= 4 is 11.9 Å². The van der Waals surface area contributed by atoms with Crippen molar-refractivity contribution in [1.29, 1.82) is 0 Å². The summed E-state index contributed by atoms with van der Waals surface area (Å²) in [7, 11) is 2.92. The number of likely N-dealkylation sites (tertiary alicyclic amines) is 1. The van der Waals surface area contributed by atoms with Crippen LogP contribution in [0, 0.1) is 5.92 Å². The minimum Gasteiger partial charge on any atom is -0.481 e. The number of nitrogens with zero attached hydrogens (tertiary/aromatic N) is 2. The summed E-state index contributed by atoms with van der Waals surface area (Å²) in [5, 5.41) is 0. The molecule has 2 heterocycles. The largest absolute Gasteiger partial charge is 0.481 e. The highest BCUT2D eigenvalue weighted by Gasteiger charge is 2.28. The first-order valence-electron chi connectivity index (χ1n) is 6.53. The van der Waals surface area contributed by atoms with Crippen LogP contribution in [0.2, 0.25) is 0 Å². The van der Waals surface area contributed by atoms with Gasteiger partial charge in [0.05, 0.1) is 25.7 Å². The van der Waals surface area contributed by atoms with Crippen LogP contribution < -0.4 is 4.74 Å². The van der Waals surface area contributed by atoms with Gasteiger partial charge in [0.1, 0.15) is 0 Å². The third-order valence-electron chi connectivity index (χ3n) is 3.51.